The number of hydrogen-bond acceptors (Lipinski definition) is 1. The van der Waals surface area contributed by atoms with Gasteiger partial charge in [-0.15, -0.1) is 11.3 Å². The molecule has 2 radical (unpaired) electrons. The minimum absolute atomic E-state index is 0.847. The second-order valence-electron chi connectivity index (χ2n) is 3.64. The predicted octanol–water partition coefficient (Wildman–Crippen LogP) is 2.70. The van der Waals surface area contributed by atoms with E-state index in [4.69, 9.17) is 7.85 Å². The molecule has 15 heavy (non-hydrogen) atoms. The lowest BCUT2D eigenvalue weighted by molar-refractivity contribution is 1.19. The second kappa shape index (κ2) is 4.67. The molecule has 0 fully saturated rings. The van der Waals surface area contributed by atoms with Crippen molar-refractivity contribution in [2.45, 2.75) is 19.8 Å². The minimum Gasteiger partial charge on any atom is -0.145 e. The van der Waals surface area contributed by atoms with Gasteiger partial charge in [0.25, 0.3) is 0 Å². The van der Waals surface area contributed by atoms with Crippen molar-refractivity contribution in [3.8, 4) is 0 Å². The molecule has 0 aliphatic rings. The zero-order valence-electron chi connectivity index (χ0n) is 8.86. The average Bonchev–Trinajstić information content (AvgIpc) is 2.65. The Kier molecular flexibility index (Phi) is 3.27. The van der Waals surface area contributed by atoms with Crippen LogP contribution >= 0.6 is 11.3 Å². The Morgan fingerprint density at radius 3 is 2.60 bits per heavy atom. The molecule has 0 saturated heterocycles. The normalized spacial score (nSPS) is 10.5. The Labute approximate surface area is 96.4 Å². The first-order valence-electron chi connectivity index (χ1n) is 5.20. The Hall–Kier alpha value is -1.02. The maximum atomic E-state index is 5.75. The summed E-state index contributed by atoms with van der Waals surface area (Å²) in [6.45, 7) is 2.19. The molecule has 0 atom stereocenters. The zero-order chi connectivity index (χ0) is 10.7. The van der Waals surface area contributed by atoms with Crippen LogP contribution in [0.1, 0.15) is 22.2 Å². The van der Waals surface area contributed by atoms with E-state index in [0.29, 0.717) is 0 Å². The van der Waals surface area contributed by atoms with Crippen LogP contribution in [-0.2, 0) is 12.8 Å². The summed E-state index contributed by atoms with van der Waals surface area (Å²) in [5, 5.41) is 0. The van der Waals surface area contributed by atoms with E-state index in [9.17, 15) is 0 Å². The summed E-state index contributed by atoms with van der Waals surface area (Å²) in [6.07, 6.45) is 2.12. The fourth-order valence-corrected chi connectivity index (χ4v) is 2.60. The zero-order valence-corrected chi connectivity index (χ0v) is 9.68. The summed E-state index contributed by atoms with van der Waals surface area (Å²) < 4.78 is 0. The second-order valence-corrected chi connectivity index (χ2v) is 4.90. The maximum absolute atomic E-state index is 5.75. The fraction of sp³-hybridized carbons (Fsp3) is 0.231. The van der Waals surface area contributed by atoms with Crippen LogP contribution in [0.5, 0.6) is 0 Å². The summed E-state index contributed by atoms with van der Waals surface area (Å²) in [5.74, 6) is 0. The molecule has 0 nitrogen and oxygen atoms in total. The fourth-order valence-electron chi connectivity index (χ4n) is 1.61. The van der Waals surface area contributed by atoms with Crippen molar-refractivity contribution in [2.24, 2.45) is 0 Å². The molecule has 2 rings (SSSR count). The molecule has 0 aliphatic heterocycles. The smallest absolute Gasteiger partial charge is 0.113 e. The molecule has 1 aromatic carbocycles. The first-order chi connectivity index (χ1) is 7.28. The van der Waals surface area contributed by atoms with Crippen LogP contribution in [0.2, 0.25) is 0 Å². The first-order valence-corrected chi connectivity index (χ1v) is 6.01. The van der Waals surface area contributed by atoms with Gasteiger partial charge in [-0.25, -0.2) is 0 Å². The van der Waals surface area contributed by atoms with Gasteiger partial charge in [-0.05, 0) is 24.1 Å². The highest BCUT2D eigenvalue weighted by molar-refractivity contribution is 7.12. The number of rotatable bonds is 3. The highest BCUT2D eigenvalue weighted by atomic mass is 32.1. The third kappa shape index (κ3) is 2.72. The van der Waals surface area contributed by atoms with E-state index in [1.54, 1.807) is 0 Å². The van der Waals surface area contributed by atoms with Gasteiger partial charge >= 0.3 is 0 Å². The lowest BCUT2D eigenvalue weighted by Gasteiger charge is -2.00. The van der Waals surface area contributed by atoms with E-state index in [1.807, 2.05) is 29.5 Å². The molecule has 1 aromatic heterocycles. The molecule has 0 unspecified atom stereocenters. The molecule has 0 amide bonds. The maximum Gasteiger partial charge on any atom is 0.113 e. The van der Waals surface area contributed by atoms with Crippen LogP contribution in [0.25, 0.3) is 0 Å². The lowest BCUT2D eigenvalue weighted by atomic mass is 9.93. The molecule has 2 heteroatoms. The number of aryl methyl sites for hydroxylation is 1. The SMILES string of the molecule is [B]c1cccc(Cc2ccc(CC)s2)c1. The van der Waals surface area contributed by atoms with Gasteiger partial charge in [-0.1, -0.05) is 36.7 Å². The molecule has 0 bridgehead atoms. The van der Waals surface area contributed by atoms with Crippen LogP contribution in [0.4, 0.5) is 0 Å². The van der Waals surface area contributed by atoms with Gasteiger partial charge in [0.2, 0.25) is 0 Å². The van der Waals surface area contributed by atoms with Gasteiger partial charge < -0.3 is 0 Å². The van der Waals surface area contributed by atoms with Crippen molar-refractivity contribution in [3.63, 3.8) is 0 Å². The van der Waals surface area contributed by atoms with Crippen LogP contribution in [-0.4, -0.2) is 7.85 Å². The Morgan fingerprint density at radius 2 is 1.93 bits per heavy atom. The van der Waals surface area contributed by atoms with Crippen molar-refractivity contribution in [3.05, 3.63) is 51.7 Å². The molecular weight excluding hydrogens is 199 g/mol. The van der Waals surface area contributed by atoms with E-state index < -0.39 is 0 Å². The molecule has 1 heterocycles. The number of benzene rings is 1. The van der Waals surface area contributed by atoms with Crippen LogP contribution in [0.3, 0.4) is 0 Å². The van der Waals surface area contributed by atoms with Crippen molar-refractivity contribution < 1.29 is 0 Å². The quantitative estimate of drug-likeness (QED) is 0.686. The minimum atomic E-state index is 0.847. The van der Waals surface area contributed by atoms with Gasteiger partial charge in [0.1, 0.15) is 7.85 Å². The van der Waals surface area contributed by atoms with E-state index >= 15 is 0 Å². The average molecular weight is 212 g/mol. The van der Waals surface area contributed by atoms with Crippen LogP contribution in [0, 0.1) is 0 Å². The van der Waals surface area contributed by atoms with Crippen molar-refractivity contribution in [1.29, 1.82) is 0 Å². The number of hydrogen-bond donors (Lipinski definition) is 0. The van der Waals surface area contributed by atoms with Crippen LogP contribution < -0.4 is 5.46 Å². The summed E-state index contributed by atoms with van der Waals surface area (Å²) in [5.41, 5.74) is 2.14. The summed E-state index contributed by atoms with van der Waals surface area (Å²) >= 11 is 1.89. The third-order valence-electron chi connectivity index (χ3n) is 2.40. The van der Waals surface area contributed by atoms with E-state index in [2.05, 4.69) is 25.1 Å². The Bertz CT molecular complexity index is 445. The van der Waals surface area contributed by atoms with Gasteiger partial charge in [0.15, 0.2) is 0 Å². The Balaban J connectivity index is 2.14. The summed E-state index contributed by atoms with van der Waals surface area (Å²) in [7, 11) is 5.75. The molecule has 0 spiro atoms. The van der Waals surface area contributed by atoms with E-state index in [-0.39, 0.29) is 0 Å². The predicted molar refractivity (Wildman–Crippen MR) is 68.3 cm³/mol. The highest BCUT2D eigenvalue weighted by Gasteiger charge is 2.00. The van der Waals surface area contributed by atoms with E-state index in [0.717, 1.165) is 18.3 Å². The van der Waals surface area contributed by atoms with Crippen molar-refractivity contribution >= 4 is 24.6 Å². The molecular formula is C13H13BS. The third-order valence-corrected chi connectivity index (χ3v) is 3.62. The van der Waals surface area contributed by atoms with Gasteiger partial charge in [-0.3, -0.25) is 0 Å². The largest absolute Gasteiger partial charge is 0.145 e. The summed E-state index contributed by atoms with van der Waals surface area (Å²) in [4.78, 5) is 2.87. The molecule has 0 saturated carbocycles. The highest BCUT2D eigenvalue weighted by Crippen LogP contribution is 2.19. The molecule has 0 aliphatic carbocycles. The molecule has 0 N–H and O–H groups in total. The van der Waals surface area contributed by atoms with Crippen molar-refractivity contribution in [1.82, 2.24) is 0 Å². The lowest BCUT2D eigenvalue weighted by Crippen LogP contribution is -2.02. The molecule has 74 valence electrons. The summed E-state index contributed by atoms with van der Waals surface area (Å²) in [6, 6.07) is 12.5. The first kappa shape index (κ1) is 10.5. The number of thiophene rings is 1. The van der Waals surface area contributed by atoms with Gasteiger partial charge in [0.05, 0.1) is 0 Å². The molecule has 2 aromatic rings. The van der Waals surface area contributed by atoms with Crippen LogP contribution in [0.15, 0.2) is 36.4 Å². The van der Waals surface area contributed by atoms with E-state index in [1.165, 1.54) is 15.3 Å². The standard InChI is InChI=1S/C13H13BS/c1-2-12-6-7-13(15-12)9-10-4-3-5-11(14)8-10/h3-8H,2,9H2,1H3. The topological polar surface area (TPSA) is 0 Å². The van der Waals surface area contributed by atoms with Gasteiger partial charge in [0, 0.05) is 16.2 Å². The monoisotopic (exact) mass is 212 g/mol. The Morgan fingerprint density at radius 1 is 1.13 bits per heavy atom. The van der Waals surface area contributed by atoms with Gasteiger partial charge in [-0.2, -0.15) is 0 Å². The van der Waals surface area contributed by atoms with Crippen molar-refractivity contribution in [2.75, 3.05) is 0 Å².